The van der Waals surface area contributed by atoms with Crippen LogP contribution in [0.4, 0.5) is 9.18 Å². The summed E-state index contributed by atoms with van der Waals surface area (Å²) in [5.74, 6) is 0. The van der Waals surface area contributed by atoms with Gasteiger partial charge in [0.1, 0.15) is 12.8 Å². The maximum absolute atomic E-state index is 13.3. The molecule has 1 fully saturated rings. The van der Waals surface area contributed by atoms with Gasteiger partial charge >= 0.3 is 6.09 Å². The lowest BCUT2D eigenvalue weighted by molar-refractivity contribution is 0.00527. The topological polar surface area (TPSA) is 49.8 Å². The minimum Gasteiger partial charge on any atom is -0.445 e. The molecule has 1 aliphatic heterocycles. The Morgan fingerprint density at radius 2 is 2.39 bits per heavy atom. The number of hydrogen-bond donors (Lipinski definition) is 1. The fourth-order valence-corrected chi connectivity index (χ4v) is 2.07. The Morgan fingerprint density at radius 1 is 1.56 bits per heavy atom. The summed E-state index contributed by atoms with van der Waals surface area (Å²) in [5, 5.41) is 9.24. The molecule has 0 aromatic carbocycles. The molecule has 0 bridgehead atoms. The first kappa shape index (κ1) is 13.1. The van der Waals surface area contributed by atoms with E-state index in [1.54, 1.807) is 0 Å². The molecule has 0 spiro atoms. The number of likely N-dealkylation sites (tertiary alicyclic amines) is 1. The van der Waals surface area contributed by atoms with Gasteiger partial charge < -0.3 is 14.7 Å². The molecule has 5 heteroatoms. The van der Waals surface area contributed by atoms with Gasteiger partial charge in [-0.3, -0.25) is 0 Å². The van der Waals surface area contributed by atoms with Crippen molar-refractivity contribution in [1.29, 1.82) is 0 Å². The molecule has 2 aliphatic rings. The Hall–Kier alpha value is -1.36. The Kier molecular flexibility index (Phi) is 4.36. The maximum Gasteiger partial charge on any atom is 0.410 e. The highest BCUT2D eigenvalue weighted by molar-refractivity contribution is 5.68. The highest BCUT2D eigenvalue weighted by atomic mass is 19.1. The lowest BCUT2D eigenvalue weighted by atomic mass is 10.1. The highest BCUT2D eigenvalue weighted by Crippen LogP contribution is 2.16. The molecule has 0 saturated carbocycles. The van der Waals surface area contributed by atoms with Gasteiger partial charge in [0.25, 0.3) is 0 Å². The SMILES string of the molecule is O=C(OCC1=CCCC=C1)N1CCC(O)C(F)C1. The summed E-state index contributed by atoms with van der Waals surface area (Å²) in [5.41, 5.74) is 0.975. The standard InChI is InChI=1S/C13H18FNO3/c14-11-8-15(7-6-12(11)16)13(17)18-9-10-4-2-1-3-5-10/h2,4-5,11-12,16H,1,3,6-9H2. The molecule has 18 heavy (non-hydrogen) atoms. The first-order chi connectivity index (χ1) is 8.66. The summed E-state index contributed by atoms with van der Waals surface area (Å²) in [6.45, 7) is 0.482. The average molecular weight is 255 g/mol. The van der Waals surface area contributed by atoms with E-state index >= 15 is 0 Å². The van der Waals surface area contributed by atoms with Crippen molar-refractivity contribution in [1.82, 2.24) is 4.90 Å². The van der Waals surface area contributed by atoms with E-state index in [4.69, 9.17) is 4.74 Å². The van der Waals surface area contributed by atoms with Crippen LogP contribution in [0.1, 0.15) is 19.3 Å². The van der Waals surface area contributed by atoms with Crippen molar-refractivity contribution in [3.63, 3.8) is 0 Å². The quantitative estimate of drug-likeness (QED) is 0.818. The number of aliphatic hydroxyl groups excluding tert-OH is 1. The second-order valence-corrected chi connectivity index (χ2v) is 4.63. The summed E-state index contributed by atoms with van der Waals surface area (Å²) in [4.78, 5) is 13.0. The van der Waals surface area contributed by atoms with Crippen LogP contribution in [0.5, 0.6) is 0 Å². The Labute approximate surface area is 106 Å². The maximum atomic E-state index is 13.3. The third kappa shape index (κ3) is 3.32. The molecule has 1 amide bonds. The molecule has 4 nitrogen and oxygen atoms in total. The van der Waals surface area contributed by atoms with Crippen LogP contribution in [0.15, 0.2) is 23.8 Å². The van der Waals surface area contributed by atoms with Crippen LogP contribution in [-0.4, -0.2) is 48.1 Å². The van der Waals surface area contributed by atoms with Gasteiger partial charge in [-0.2, -0.15) is 0 Å². The highest BCUT2D eigenvalue weighted by Gasteiger charge is 2.30. The number of rotatable bonds is 2. The molecular formula is C13H18FNO3. The van der Waals surface area contributed by atoms with Crippen LogP contribution in [0, 0.1) is 0 Å². The number of ether oxygens (including phenoxy) is 1. The van der Waals surface area contributed by atoms with E-state index in [0.717, 1.165) is 18.4 Å². The second-order valence-electron chi connectivity index (χ2n) is 4.63. The van der Waals surface area contributed by atoms with Gasteiger partial charge in [-0.25, -0.2) is 9.18 Å². The van der Waals surface area contributed by atoms with Gasteiger partial charge in [0.05, 0.1) is 12.6 Å². The first-order valence-corrected chi connectivity index (χ1v) is 6.26. The minimum absolute atomic E-state index is 0.0884. The second kappa shape index (κ2) is 6.00. The number of amides is 1. The van der Waals surface area contributed by atoms with Crippen molar-refractivity contribution in [2.45, 2.75) is 31.5 Å². The van der Waals surface area contributed by atoms with Crippen LogP contribution < -0.4 is 0 Å². The number of carbonyl (C=O) groups excluding carboxylic acids is 1. The molecule has 1 N–H and O–H groups in total. The Bertz CT molecular complexity index is 367. The van der Waals surface area contributed by atoms with Crippen molar-refractivity contribution in [2.24, 2.45) is 0 Å². The number of allylic oxidation sites excluding steroid dienone is 2. The number of alkyl halides is 1. The third-order valence-corrected chi connectivity index (χ3v) is 3.20. The molecule has 2 rings (SSSR count). The zero-order valence-corrected chi connectivity index (χ0v) is 10.2. The first-order valence-electron chi connectivity index (χ1n) is 6.26. The normalized spacial score (nSPS) is 27.9. The predicted octanol–water partition coefficient (Wildman–Crippen LogP) is 1.80. The lowest BCUT2D eigenvalue weighted by Gasteiger charge is -2.31. The Morgan fingerprint density at radius 3 is 3.06 bits per heavy atom. The van der Waals surface area contributed by atoms with Crippen LogP contribution in [-0.2, 0) is 4.74 Å². The van der Waals surface area contributed by atoms with Crippen molar-refractivity contribution in [3.8, 4) is 0 Å². The van der Waals surface area contributed by atoms with Gasteiger partial charge in [-0.05, 0) is 24.8 Å². The number of aliphatic hydroxyl groups is 1. The van der Waals surface area contributed by atoms with Gasteiger partial charge in [0.15, 0.2) is 0 Å². The van der Waals surface area contributed by atoms with E-state index in [1.807, 2.05) is 18.2 Å². The number of nitrogens with zero attached hydrogens (tertiary/aromatic N) is 1. The molecule has 0 aromatic heterocycles. The number of carbonyl (C=O) groups is 1. The molecule has 0 radical (unpaired) electrons. The Balaban J connectivity index is 1.78. The third-order valence-electron chi connectivity index (χ3n) is 3.20. The van der Waals surface area contributed by atoms with Gasteiger partial charge in [-0.1, -0.05) is 18.2 Å². The van der Waals surface area contributed by atoms with E-state index in [9.17, 15) is 14.3 Å². The predicted molar refractivity (Wildman–Crippen MR) is 64.9 cm³/mol. The van der Waals surface area contributed by atoms with Gasteiger partial charge in [0, 0.05) is 6.54 Å². The fraction of sp³-hybridized carbons (Fsp3) is 0.615. The van der Waals surface area contributed by atoms with Crippen LogP contribution in [0.25, 0.3) is 0 Å². The van der Waals surface area contributed by atoms with Gasteiger partial charge in [0.2, 0.25) is 0 Å². The van der Waals surface area contributed by atoms with Crippen molar-refractivity contribution in [2.75, 3.05) is 19.7 Å². The van der Waals surface area contributed by atoms with E-state index in [-0.39, 0.29) is 19.6 Å². The van der Waals surface area contributed by atoms with Crippen molar-refractivity contribution >= 4 is 6.09 Å². The van der Waals surface area contributed by atoms with E-state index in [0.29, 0.717) is 6.54 Å². The number of piperidine rings is 1. The van der Waals surface area contributed by atoms with Crippen molar-refractivity contribution in [3.05, 3.63) is 23.8 Å². The van der Waals surface area contributed by atoms with Gasteiger partial charge in [-0.15, -0.1) is 0 Å². The number of hydrogen-bond acceptors (Lipinski definition) is 3. The molecule has 100 valence electrons. The lowest BCUT2D eigenvalue weighted by Crippen LogP contribution is -2.47. The zero-order chi connectivity index (χ0) is 13.0. The van der Waals surface area contributed by atoms with Crippen molar-refractivity contribution < 1.29 is 19.0 Å². The van der Waals surface area contributed by atoms with E-state index in [1.165, 1.54) is 4.90 Å². The molecule has 0 aromatic rings. The molecule has 2 atom stereocenters. The van der Waals surface area contributed by atoms with Crippen LogP contribution in [0.2, 0.25) is 0 Å². The zero-order valence-electron chi connectivity index (χ0n) is 10.2. The summed E-state index contributed by atoms with van der Waals surface area (Å²) < 4.78 is 18.4. The van der Waals surface area contributed by atoms with Crippen LogP contribution >= 0.6 is 0 Å². The molecule has 2 unspecified atom stereocenters. The summed E-state index contributed by atoms with van der Waals surface area (Å²) >= 11 is 0. The van der Waals surface area contributed by atoms with E-state index < -0.39 is 18.4 Å². The summed E-state index contributed by atoms with van der Waals surface area (Å²) in [6.07, 6.45) is 5.41. The largest absolute Gasteiger partial charge is 0.445 e. The summed E-state index contributed by atoms with van der Waals surface area (Å²) in [6, 6.07) is 0. The fourth-order valence-electron chi connectivity index (χ4n) is 2.07. The smallest absolute Gasteiger partial charge is 0.410 e. The summed E-state index contributed by atoms with van der Waals surface area (Å²) in [7, 11) is 0. The minimum atomic E-state index is -1.37. The number of halogens is 1. The molecule has 1 heterocycles. The molecule has 1 saturated heterocycles. The molecular weight excluding hydrogens is 237 g/mol. The van der Waals surface area contributed by atoms with Crippen LogP contribution in [0.3, 0.4) is 0 Å². The monoisotopic (exact) mass is 255 g/mol. The van der Waals surface area contributed by atoms with E-state index in [2.05, 4.69) is 0 Å². The average Bonchev–Trinajstić information content (AvgIpc) is 2.40. The molecule has 1 aliphatic carbocycles.